The fourth-order valence-corrected chi connectivity index (χ4v) is 3.17. The Morgan fingerprint density at radius 2 is 2.05 bits per heavy atom. The number of carbonyl (C=O) groups is 1. The average molecular weight is 308 g/mol. The van der Waals surface area contributed by atoms with Gasteiger partial charge in [0.25, 0.3) is 5.24 Å². The molecular formula is C15H18ClNO2Si. The Bertz CT molecular complexity index is 615. The lowest BCUT2D eigenvalue weighted by molar-refractivity contribution is -0.108. The van der Waals surface area contributed by atoms with E-state index >= 15 is 0 Å². The van der Waals surface area contributed by atoms with Crippen LogP contribution < -0.4 is 9.92 Å². The molecule has 0 saturated heterocycles. The van der Waals surface area contributed by atoms with E-state index in [1.807, 2.05) is 6.92 Å². The molecule has 0 spiro atoms. The van der Waals surface area contributed by atoms with Gasteiger partial charge < -0.3 is 4.74 Å². The molecule has 0 N–H and O–H groups in total. The Kier molecular flexibility index (Phi) is 4.16. The van der Waals surface area contributed by atoms with E-state index in [4.69, 9.17) is 16.3 Å². The van der Waals surface area contributed by atoms with Crippen molar-refractivity contribution in [2.24, 2.45) is 4.99 Å². The summed E-state index contributed by atoms with van der Waals surface area (Å²) in [6, 6.07) is 6.32. The summed E-state index contributed by atoms with van der Waals surface area (Å²) in [7, 11) is -1.38. The van der Waals surface area contributed by atoms with Crippen LogP contribution in [0.5, 0.6) is 5.75 Å². The van der Waals surface area contributed by atoms with E-state index < -0.39 is 13.3 Å². The lowest BCUT2D eigenvalue weighted by atomic mass is 10.2. The summed E-state index contributed by atoms with van der Waals surface area (Å²) >= 11 is 5.40. The molecule has 5 heteroatoms. The van der Waals surface area contributed by atoms with Gasteiger partial charge in [0.1, 0.15) is 11.4 Å². The fourth-order valence-electron chi connectivity index (χ4n) is 1.90. The van der Waals surface area contributed by atoms with Crippen LogP contribution in [-0.2, 0) is 4.79 Å². The van der Waals surface area contributed by atoms with E-state index in [0.717, 1.165) is 11.3 Å². The van der Waals surface area contributed by atoms with Crippen molar-refractivity contribution in [2.45, 2.75) is 33.0 Å². The summed E-state index contributed by atoms with van der Waals surface area (Å²) in [5, 5.41) is 0.787. The number of nitrogens with zero attached hydrogens (tertiary/aromatic N) is 1. The van der Waals surface area contributed by atoms with Crippen LogP contribution >= 0.6 is 11.6 Å². The number of carbonyl (C=O) groups excluding carboxylic acids is 1. The molecule has 0 radical (unpaired) electrons. The second kappa shape index (κ2) is 5.54. The summed E-state index contributed by atoms with van der Waals surface area (Å²) in [6.45, 7) is 8.88. The molecule has 0 atom stereocenters. The molecule has 0 aliphatic carbocycles. The van der Waals surface area contributed by atoms with E-state index in [9.17, 15) is 4.79 Å². The first kappa shape index (κ1) is 15.0. The number of benzene rings is 1. The number of halogens is 1. The van der Waals surface area contributed by atoms with Gasteiger partial charge in [0.15, 0.2) is 5.90 Å². The van der Waals surface area contributed by atoms with Gasteiger partial charge in [0.2, 0.25) is 0 Å². The molecule has 1 aromatic rings. The second-order valence-electron chi connectivity index (χ2n) is 5.91. The first-order valence-electron chi connectivity index (χ1n) is 6.54. The van der Waals surface area contributed by atoms with E-state index in [1.165, 1.54) is 5.19 Å². The zero-order valence-electron chi connectivity index (χ0n) is 12.2. The van der Waals surface area contributed by atoms with Crippen LogP contribution in [0, 0.1) is 6.92 Å². The lowest BCUT2D eigenvalue weighted by Crippen LogP contribution is -2.37. The minimum Gasteiger partial charge on any atom is -0.442 e. The molecule has 0 fully saturated rings. The van der Waals surface area contributed by atoms with E-state index in [-0.39, 0.29) is 5.70 Å². The maximum absolute atomic E-state index is 11.0. The van der Waals surface area contributed by atoms with Crippen molar-refractivity contribution in [1.82, 2.24) is 0 Å². The van der Waals surface area contributed by atoms with Crippen molar-refractivity contribution in [3.63, 3.8) is 0 Å². The number of hydrogen-bond donors (Lipinski definition) is 0. The molecular weight excluding hydrogens is 290 g/mol. The van der Waals surface area contributed by atoms with Crippen LogP contribution in [0.15, 0.2) is 35.0 Å². The van der Waals surface area contributed by atoms with Gasteiger partial charge in [-0.05, 0) is 36.2 Å². The van der Waals surface area contributed by atoms with Crippen molar-refractivity contribution in [3.05, 3.63) is 35.5 Å². The van der Waals surface area contributed by atoms with E-state index in [2.05, 4.69) is 42.8 Å². The van der Waals surface area contributed by atoms with Crippen molar-refractivity contribution in [1.29, 1.82) is 0 Å². The van der Waals surface area contributed by atoms with Crippen LogP contribution in [0.3, 0.4) is 0 Å². The first-order valence-corrected chi connectivity index (χ1v) is 10.4. The fraction of sp³-hybridized carbons (Fsp3) is 0.333. The highest BCUT2D eigenvalue weighted by Gasteiger charge is 2.19. The highest BCUT2D eigenvalue weighted by atomic mass is 35.5. The predicted octanol–water partition coefficient (Wildman–Crippen LogP) is 3.37. The van der Waals surface area contributed by atoms with Crippen LogP contribution in [-0.4, -0.2) is 19.2 Å². The lowest BCUT2D eigenvalue weighted by Gasteiger charge is -2.18. The molecule has 0 unspecified atom stereocenters. The summed E-state index contributed by atoms with van der Waals surface area (Å²) in [5.74, 6) is 1.32. The van der Waals surface area contributed by atoms with Crippen molar-refractivity contribution in [2.75, 3.05) is 0 Å². The summed E-state index contributed by atoms with van der Waals surface area (Å²) in [6.07, 6.45) is 2.19. The average Bonchev–Trinajstić information content (AvgIpc) is 2.79. The third-order valence-corrected chi connectivity index (χ3v) is 5.44. The number of hydrogen-bond acceptors (Lipinski definition) is 3. The van der Waals surface area contributed by atoms with Gasteiger partial charge in [0, 0.05) is 6.42 Å². The Balaban J connectivity index is 2.23. The second-order valence-corrected chi connectivity index (χ2v) is 11.3. The molecule has 1 aliphatic heterocycles. The van der Waals surface area contributed by atoms with Gasteiger partial charge in [-0.25, -0.2) is 4.99 Å². The van der Waals surface area contributed by atoms with E-state index in [1.54, 1.807) is 6.08 Å². The number of aliphatic imine (C=N–C) groups is 1. The van der Waals surface area contributed by atoms with Gasteiger partial charge in [-0.2, -0.15) is 0 Å². The molecule has 2 rings (SSSR count). The standard InChI is InChI=1S/C15H18ClNO2Si/c1-10-5-6-11(20(2,3)4)9-13(10)19-14-8-7-12(17-14)15(16)18/h5-7,9H,8H2,1-4H3. The van der Waals surface area contributed by atoms with Crippen LogP contribution in [0.4, 0.5) is 0 Å². The Hall–Kier alpha value is -1.39. The zero-order chi connectivity index (χ0) is 14.9. The Morgan fingerprint density at radius 1 is 1.35 bits per heavy atom. The van der Waals surface area contributed by atoms with E-state index in [0.29, 0.717) is 12.3 Å². The molecule has 20 heavy (non-hydrogen) atoms. The molecule has 1 heterocycles. The van der Waals surface area contributed by atoms with Gasteiger partial charge in [0.05, 0.1) is 8.07 Å². The zero-order valence-corrected chi connectivity index (χ0v) is 13.9. The highest BCUT2D eigenvalue weighted by molar-refractivity contribution is 6.88. The monoisotopic (exact) mass is 307 g/mol. The molecule has 106 valence electrons. The number of aryl methyl sites for hydroxylation is 1. The minimum atomic E-state index is -1.38. The number of ether oxygens (including phenoxy) is 1. The molecule has 1 aromatic carbocycles. The van der Waals surface area contributed by atoms with Crippen LogP contribution in [0.1, 0.15) is 12.0 Å². The molecule has 0 aromatic heterocycles. The summed E-state index contributed by atoms with van der Waals surface area (Å²) in [4.78, 5) is 15.1. The third kappa shape index (κ3) is 3.38. The smallest absolute Gasteiger partial charge is 0.270 e. The summed E-state index contributed by atoms with van der Waals surface area (Å²) in [5.41, 5.74) is 1.32. The first-order chi connectivity index (χ1) is 9.27. The largest absolute Gasteiger partial charge is 0.442 e. The van der Waals surface area contributed by atoms with Gasteiger partial charge in [-0.1, -0.05) is 37.0 Å². The Labute approximate surface area is 125 Å². The van der Waals surface area contributed by atoms with Crippen molar-refractivity contribution in [3.8, 4) is 5.75 Å². The minimum absolute atomic E-state index is 0.265. The van der Waals surface area contributed by atoms with Gasteiger partial charge >= 0.3 is 0 Å². The molecule has 1 aliphatic rings. The quantitative estimate of drug-likeness (QED) is 0.634. The van der Waals surface area contributed by atoms with Gasteiger partial charge in [-0.3, -0.25) is 4.79 Å². The normalized spacial score (nSPS) is 14.8. The van der Waals surface area contributed by atoms with Crippen molar-refractivity contribution < 1.29 is 9.53 Å². The Morgan fingerprint density at radius 3 is 2.60 bits per heavy atom. The number of allylic oxidation sites excluding steroid dienone is 1. The molecule has 0 bridgehead atoms. The maximum Gasteiger partial charge on any atom is 0.270 e. The molecule has 3 nitrogen and oxygen atoms in total. The third-order valence-electron chi connectivity index (χ3n) is 3.20. The molecule has 0 saturated carbocycles. The van der Waals surface area contributed by atoms with Crippen molar-refractivity contribution >= 4 is 36.0 Å². The highest BCUT2D eigenvalue weighted by Crippen LogP contribution is 2.21. The topological polar surface area (TPSA) is 38.7 Å². The van der Waals surface area contributed by atoms with Crippen LogP contribution in [0.25, 0.3) is 0 Å². The summed E-state index contributed by atoms with van der Waals surface area (Å²) < 4.78 is 5.83. The molecule has 0 amide bonds. The van der Waals surface area contributed by atoms with Gasteiger partial charge in [-0.15, -0.1) is 0 Å². The SMILES string of the molecule is Cc1ccc([Si](C)(C)C)cc1OC1=NC(C(=O)Cl)=CC1. The van der Waals surface area contributed by atoms with Crippen LogP contribution in [0.2, 0.25) is 19.6 Å². The predicted molar refractivity (Wildman–Crippen MR) is 85.8 cm³/mol. The maximum atomic E-state index is 11.0. The number of rotatable bonds is 3.